The zero-order valence-corrected chi connectivity index (χ0v) is 15.9. The lowest BCUT2D eigenvalue weighted by Gasteiger charge is -2.22. The van der Waals surface area contributed by atoms with E-state index in [-0.39, 0.29) is 17.7 Å². The number of rotatable bonds is 7. The summed E-state index contributed by atoms with van der Waals surface area (Å²) < 4.78 is 5.10. The van der Waals surface area contributed by atoms with Gasteiger partial charge in [-0.15, -0.1) is 0 Å². The molecule has 0 aliphatic heterocycles. The van der Waals surface area contributed by atoms with Gasteiger partial charge in [0.05, 0.1) is 6.04 Å². The van der Waals surface area contributed by atoms with Gasteiger partial charge in [-0.25, -0.2) is 4.79 Å². The largest absolute Gasteiger partial charge is 0.444 e. The first-order chi connectivity index (χ1) is 12.1. The molecule has 0 spiro atoms. The Morgan fingerprint density at radius 2 is 1.77 bits per heavy atom. The van der Waals surface area contributed by atoms with Gasteiger partial charge in [0, 0.05) is 5.41 Å². The molecule has 1 fully saturated rings. The average Bonchev–Trinajstić information content (AvgIpc) is 3.30. The molecule has 2 rings (SSSR count). The smallest absolute Gasteiger partial charge is 0.408 e. The van der Waals surface area contributed by atoms with E-state index in [4.69, 9.17) is 4.74 Å². The van der Waals surface area contributed by atoms with Crippen molar-refractivity contribution in [2.24, 2.45) is 5.41 Å². The van der Waals surface area contributed by atoms with Gasteiger partial charge < -0.3 is 15.4 Å². The molecule has 1 aliphatic rings. The van der Waals surface area contributed by atoms with Gasteiger partial charge in [0.2, 0.25) is 5.91 Å². The van der Waals surface area contributed by atoms with Crippen LogP contribution >= 0.6 is 0 Å². The molecule has 26 heavy (non-hydrogen) atoms. The highest BCUT2D eigenvalue weighted by Crippen LogP contribution is 2.46. The van der Waals surface area contributed by atoms with Crippen LogP contribution in [-0.4, -0.2) is 36.0 Å². The predicted molar refractivity (Wildman–Crippen MR) is 98.7 cm³/mol. The number of carbonyl (C=O) groups excluding carboxylic acids is 3. The highest BCUT2D eigenvalue weighted by Gasteiger charge is 2.47. The minimum atomic E-state index is -0.659. The summed E-state index contributed by atoms with van der Waals surface area (Å²) in [6.45, 7) is 6.94. The molecule has 0 aromatic heterocycles. The van der Waals surface area contributed by atoms with E-state index < -0.39 is 23.6 Å². The summed E-state index contributed by atoms with van der Waals surface area (Å²) in [5, 5.41) is 5.19. The standard InChI is InChI=1S/C20H28N2O4/c1-19(2,3)26-18(25)21-13-16(23)22-15(17(24)20(4)10-11-20)12-14-8-6-5-7-9-14/h5-9,15H,10-13H2,1-4H3,(H,21,25)(H,22,23). The van der Waals surface area contributed by atoms with Crippen molar-refractivity contribution in [1.82, 2.24) is 10.6 Å². The van der Waals surface area contributed by atoms with Gasteiger partial charge in [-0.1, -0.05) is 37.3 Å². The number of ether oxygens (including phenoxy) is 1. The van der Waals surface area contributed by atoms with E-state index in [1.807, 2.05) is 37.3 Å². The normalized spacial score (nSPS) is 16.3. The molecule has 0 heterocycles. The molecule has 6 heteroatoms. The Morgan fingerprint density at radius 1 is 1.15 bits per heavy atom. The molecule has 0 saturated heterocycles. The Hall–Kier alpha value is -2.37. The molecule has 6 nitrogen and oxygen atoms in total. The second-order valence-corrected chi connectivity index (χ2v) is 8.09. The molecule has 142 valence electrons. The number of Topliss-reactive ketones (excluding diaryl/α,β-unsaturated/α-hetero) is 1. The van der Waals surface area contributed by atoms with Crippen molar-refractivity contribution in [3.63, 3.8) is 0 Å². The summed E-state index contributed by atoms with van der Waals surface area (Å²) in [5.74, 6) is -0.360. The lowest BCUT2D eigenvalue weighted by Crippen LogP contribution is -2.48. The van der Waals surface area contributed by atoms with Crippen molar-refractivity contribution in [2.45, 2.75) is 58.6 Å². The van der Waals surface area contributed by atoms with Gasteiger partial charge in [-0.05, 0) is 45.6 Å². The van der Waals surface area contributed by atoms with Crippen LogP contribution in [0.2, 0.25) is 0 Å². The molecule has 1 unspecified atom stereocenters. The minimum Gasteiger partial charge on any atom is -0.444 e. The Morgan fingerprint density at radius 3 is 2.31 bits per heavy atom. The molecular formula is C20H28N2O4. The van der Waals surface area contributed by atoms with Gasteiger partial charge in [-0.2, -0.15) is 0 Å². The minimum absolute atomic E-state index is 0.0481. The van der Waals surface area contributed by atoms with Crippen molar-refractivity contribution in [1.29, 1.82) is 0 Å². The van der Waals surface area contributed by atoms with Crippen molar-refractivity contribution in [2.75, 3.05) is 6.54 Å². The summed E-state index contributed by atoms with van der Waals surface area (Å²) in [7, 11) is 0. The lowest BCUT2D eigenvalue weighted by molar-refractivity contribution is -0.130. The number of benzene rings is 1. The monoisotopic (exact) mass is 360 g/mol. The van der Waals surface area contributed by atoms with Crippen LogP contribution in [-0.2, 0) is 20.7 Å². The quantitative estimate of drug-likeness (QED) is 0.783. The van der Waals surface area contributed by atoms with E-state index >= 15 is 0 Å². The van der Waals surface area contributed by atoms with E-state index in [0.717, 1.165) is 18.4 Å². The molecule has 1 atom stereocenters. The van der Waals surface area contributed by atoms with Crippen LogP contribution in [0.15, 0.2) is 30.3 Å². The first-order valence-electron chi connectivity index (χ1n) is 8.93. The van der Waals surface area contributed by atoms with E-state index in [2.05, 4.69) is 10.6 Å². The third kappa shape index (κ3) is 6.17. The number of hydrogen-bond donors (Lipinski definition) is 2. The fraction of sp³-hybridized carbons (Fsp3) is 0.550. The summed E-state index contributed by atoms with van der Waals surface area (Å²) in [6, 6.07) is 8.98. The number of nitrogens with one attached hydrogen (secondary N) is 2. The van der Waals surface area contributed by atoms with E-state index in [9.17, 15) is 14.4 Å². The zero-order valence-electron chi connectivity index (χ0n) is 15.9. The summed E-state index contributed by atoms with van der Waals surface area (Å²) >= 11 is 0. The van der Waals surface area contributed by atoms with Gasteiger partial charge in [0.15, 0.2) is 5.78 Å². The molecule has 2 amide bonds. The topological polar surface area (TPSA) is 84.5 Å². The van der Waals surface area contributed by atoms with Crippen molar-refractivity contribution < 1.29 is 19.1 Å². The fourth-order valence-electron chi connectivity index (χ4n) is 2.63. The third-order valence-electron chi connectivity index (χ3n) is 4.32. The van der Waals surface area contributed by atoms with Crippen LogP contribution in [0.3, 0.4) is 0 Å². The van der Waals surface area contributed by atoms with Gasteiger partial charge >= 0.3 is 6.09 Å². The van der Waals surface area contributed by atoms with Crippen molar-refractivity contribution >= 4 is 17.8 Å². The number of hydrogen-bond acceptors (Lipinski definition) is 4. The molecule has 0 bridgehead atoms. The zero-order chi connectivity index (χ0) is 19.4. The molecule has 0 radical (unpaired) electrons. The first kappa shape index (κ1) is 19.9. The number of carbonyl (C=O) groups is 3. The summed E-state index contributed by atoms with van der Waals surface area (Å²) in [6.07, 6.45) is 1.48. The third-order valence-corrected chi connectivity index (χ3v) is 4.32. The highest BCUT2D eigenvalue weighted by molar-refractivity contribution is 5.95. The predicted octanol–water partition coefficient (Wildman–Crippen LogP) is 2.61. The first-order valence-corrected chi connectivity index (χ1v) is 8.93. The van der Waals surface area contributed by atoms with Crippen LogP contribution in [0, 0.1) is 5.41 Å². The molecule has 2 N–H and O–H groups in total. The second kappa shape index (κ2) is 7.89. The molecule has 1 aromatic carbocycles. The molecular weight excluding hydrogens is 332 g/mol. The lowest BCUT2D eigenvalue weighted by atomic mass is 9.92. The average molecular weight is 360 g/mol. The Kier molecular flexibility index (Phi) is 6.05. The van der Waals surface area contributed by atoms with Gasteiger partial charge in [-0.3, -0.25) is 9.59 Å². The van der Waals surface area contributed by atoms with Crippen LogP contribution in [0.5, 0.6) is 0 Å². The maximum atomic E-state index is 12.8. The second-order valence-electron chi connectivity index (χ2n) is 8.09. The fourth-order valence-corrected chi connectivity index (χ4v) is 2.63. The highest BCUT2D eigenvalue weighted by atomic mass is 16.6. The number of amides is 2. The maximum absolute atomic E-state index is 12.8. The van der Waals surface area contributed by atoms with Crippen LogP contribution in [0.1, 0.15) is 46.1 Å². The molecule has 1 saturated carbocycles. The number of ketones is 1. The maximum Gasteiger partial charge on any atom is 0.408 e. The molecule has 1 aromatic rings. The Bertz CT molecular complexity index is 660. The van der Waals surface area contributed by atoms with E-state index in [0.29, 0.717) is 6.42 Å². The van der Waals surface area contributed by atoms with Crippen molar-refractivity contribution in [3.05, 3.63) is 35.9 Å². The van der Waals surface area contributed by atoms with Crippen LogP contribution in [0.4, 0.5) is 4.79 Å². The Labute approximate surface area is 154 Å². The van der Waals surface area contributed by atoms with E-state index in [1.165, 1.54) is 0 Å². The summed E-state index contributed by atoms with van der Waals surface area (Å²) in [4.78, 5) is 36.7. The molecule has 1 aliphatic carbocycles. The van der Waals surface area contributed by atoms with E-state index in [1.54, 1.807) is 20.8 Å². The SMILES string of the molecule is CC(C)(C)OC(=O)NCC(=O)NC(Cc1ccccc1)C(=O)C1(C)CC1. The van der Waals surface area contributed by atoms with Gasteiger partial charge in [0.1, 0.15) is 12.1 Å². The van der Waals surface area contributed by atoms with Crippen molar-refractivity contribution in [3.8, 4) is 0 Å². The van der Waals surface area contributed by atoms with Crippen LogP contribution < -0.4 is 10.6 Å². The summed E-state index contributed by atoms with van der Waals surface area (Å²) in [5.41, 5.74) is 0.00799. The Balaban J connectivity index is 1.94. The number of alkyl carbamates (subject to hydrolysis) is 1. The van der Waals surface area contributed by atoms with Gasteiger partial charge in [0.25, 0.3) is 0 Å². The van der Waals surface area contributed by atoms with Crippen LogP contribution in [0.25, 0.3) is 0 Å².